The zero-order valence-corrected chi connectivity index (χ0v) is 63.1. The molecule has 11 aromatic rings. The number of carbonyl (C=O) groups excluding carboxylic acids is 2. The second-order valence-electron chi connectivity index (χ2n) is 28.2. The van der Waals surface area contributed by atoms with E-state index in [-0.39, 0.29) is 67.4 Å². The molecule has 17 rings (SSSR count). The number of H-pyrrole nitrogens is 1. The van der Waals surface area contributed by atoms with E-state index >= 15 is 0 Å². The van der Waals surface area contributed by atoms with E-state index in [0.717, 1.165) is 181 Å². The predicted molar refractivity (Wildman–Crippen MR) is 462 cm³/mol. The zero-order valence-electron chi connectivity index (χ0n) is 62.4. The Morgan fingerprint density at radius 1 is 0.414 bits per heavy atom. The third-order valence-electron chi connectivity index (χ3n) is 20.4. The quantitative estimate of drug-likeness (QED) is 0.0757. The molecule has 1 saturated heterocycles. The molecule has 2 N–H and O–H groups in total. The molecular weight excluding hydrogens is 1470 g/mol. The van der Waals surface area contributed by atoms with Crippen molar-refractivity contribution in [2.45, 2.75) is 169 Å². The Morgan fingerprint density at radius 2 is 0.733 bits per heavy atom. The molecule has 5 aromatic heterocycles. The number of likely N-dealkylation sites (tertiary alicyclic amines) is 1. The molecule has 6 aliphatic heterocycles. The number of rotatable bonds is 14. The first kappa shape index (κ1) is 93.7. The number of hydrogen-bond donors (Lipinski definition) is 2. The van der Waals surface area contributed by atoms with Crippen LogP contribution in [0.15, 0.2) is 218 Å². The van der Waals surface area contributed by atoms with Crippen molar-refractivity contribution in [3.63, 3.8) is 0 Å². The number of hydrogen-bond acceptors (Lipinski definition) is 20. The van der Waals surface area contributed by atoms with Crippen molar-refractivity contribution in [1.29, 1.82) is 5.26 Å². The van der Waals surface area contributed by atoms with Crippen LogP contribution in [0.5, 0.6) is 0 Å². The first-order valence-corrected chi connectivity index (χ1v) is 37.9. The summed E-state index contributed by atoms with van der Waals surface area (Å²) in [4.78, 5) is 100. The number of nitrogens with one attached hydrogen (secondary N) is 1. The van der Waals surface area contributed by atoms with E-state index in [1.165, 1.54) is 70.5 Å². The Morgan fingerprint density at radius 3 is 1.14 bits per heavy atom. The van der Waals surface area contributed by atoms with Gasteiger partial charge in [0.15, 0.2) is 5.69 Å². The zero-order chi connectivity index (χ0) is 76.4. The predicted octanol–water partition coefficient (Wildman–Crippen LogP) is 15.5. The van der Waals surface area contributed by atoms with Crippen LogP contribution in [0.25, 0.3) is 0 Å². The summed E-state index contributed by atoms with van der Waals surface area (Å²) in [5, 5.41) is 18.9. The molecule has 116 heavy (non-hydrogen) atoms. The number of halogens is 1. The summed E-state index contributed by atoms with van der Waals surface area (Å²) in [5.74, 6) is -1.30. The van der Waals surface area contributed by atoms with Gasteiger partial charge in [0.05, 0.1) is 40.6 Å². The summed E-state index contributed by atoms with van der Waals surface area (Å²) in [6.45, 7) is 19.1. The molecule has 22 nitrogen and oxygen atoms in total. The number of carboxylic acid groups (broad SMARTS) is 1. The fourth-order valence-electron chi connectivity index (χ4n) is 14.5. The van der Waals surface area contributed by atoms with Crippen LogP contribution in [-0.4, -0.2) is 148 Å². The third kappa shape index (κ3) is 27.0. The number of piperidine rings is 1. The number of aromatic nitrogens is 10. The minimum Gasteiger partial charge on any atom is -0.476 e. The van der Waals surface area contributed by atoms with Crippen molar-refractivity contribution in [1.82, 2.24) is 79.2 Å². The number of ketones is 2. The Kier molecular flexibility index (Phi) is 38.5. The molecule has 23 heteroatoms. The topological polar surface area (TPSA) is 264 Å². The fourth-order valence-corrected chi connectivity index (χ4v) is 14.7. The molecule has 0 radical (unpaired) electrons. The number of nitrogens with zero attached hydrogens (tertiary/aromatic N) is 16. The molecule has 0 aliphatic carbocycles. The van der Waals surface area contributed by atoms with Crippen LogP contribution >= 0.6 is 11.6 Å². The second-order valence-corrected chi connectivity index (χ2v) is 28.5. The normalized spacial score (nSPS) is 15.3. The van der Waals surface area contributed by atoms with Crippen LogP contribution in [0.2, 0.25) is 5.15 Å². The first-order valence-electron chi connectivity index (χ1n) is 37.5. The largest absolute Gasteiger partial charge is 0.476 e. The number of carboxylic acids is 1. The van der Waals surface area contributed by atoms with Gasteiger partial charge in [-0.05, 0) is 47.2 Å². The lowest BCUT2D eigenvalue weighted by atomic mass is 9.93. The summed E-state index contributed by atoms with van der Waals surface area (Å²) in [6, 6.07) is 64.3. The summed E-state index contributed by atoms with van der Waals surface area (Å²) < 4.78 is 0. The van der Waals surface area contributed by atoms with Gasteiger partial charge >= 0.3 is 5.97 Å². The SMILES string of the molecule is C.C.C.C.C.C.CC(=O)C1CN(Cc2ccccc2)CCC1=O.Cc1ncnc2c1CN(Cc1ccccc1)CC2.Clc1ncnc2c1CN(Cc1ccccc1)CC2.N#Cc1ncnc2c1CN(Cc1ccccc1)CC2.O=C(O)c1ncnc2c1CN(Cc1ccccc1)CC2.O=c1[nH]cnc2c1CN(Cc1ccccc1)CC2. The Bertz CT molecular complexity index is 4830. The number of fused-ring (bicyclic) bond motifs is 5. The number of benzene rings is 6. The van der Waals surface area contributed by atoms with Gasteiger partial charge in [-0.3, -0.25) is 43.8 Å². The maximum Gasteiger partial charge on any atom is 0.354 e. The minimum atomic E-state index is -0.981. The van der Waals surface area contributed by atoms with Crippen molar-refractivity contribution in [2.24, 2.45) is 5.92 Å². The van der Waals surface area contributed by atoms with Gasteiger partial charge in [-0.25, -0.2) is 49.7 Å². The lowest BCUT2D eigenvalue weighted by Crippen LogP contribution is -2.43. The van der Waals surface area contributed by atoms with Crippen LogP contribution < -0.4 is 5.56 Å². The Hall–Kier alpha value is -11.1. The fraction of sp³-hybridized carbons (Fsp3) is 0.355. The summed E-state index contributed by atoms with van der Waals surface area (Å²) in [7, 11) is 0. The van der Waals surface area contributed by atoms with E-state index in [4.69, 9.17) is 16.9 Å². The number of aryl methyl sites for hydroxylation is 1. The highest BCUT2D eigenvalue weighted by atomic mass is 35.5. The van der Waals surface area contributed by atoms with Crippen LogP contribution in [-0.2, 0) is 114 Å². The number of carbonyl (C=O) groups is 3. The lowest BCUT2D eigenvalue weighted by molar-refractivity contribution is -0.135. The van der Waals surface area contributed by atoms with Crippen molar-refractivity contribution in [3.8, 4) is 6.07 Å². The highest BCUT2D eigenvalue weighted by molar-refractivity contribution is 6.30. The molecule has 0 bridgehead atoms. The minimum absolute atomic E-state index is 0. The van der Waals surface area contributed by atoms with Gasteiger partial charge in [0, 0.05) is 190 Å². The Balaban J connectivity index is 0.000000214. The van der Waals surface area contributed by atoms with Crippen molar-refractivity contribution >= 4 is 29.1 Å². The molecular formula is C93H116ClN17O5. The van der Waals surface area contributed by atoms with E-state index in [9.17, 15) is 24.3 Å². The van der Waals surface area contributed by atoms with Gasteiger partial charge < -0.3 is 10.1 Å². The highest BCUT2D eigenvalue weighted by Crippen LogP contribution is 2.27. The van der Waals surface area contributed by atoms with Crippen LogP contribution in [0.3, 0.4) is 0 Å². The van der Waals surface area contributed by atoms with Gasteiger partial charge in [0.1, 0.15) is 53.8 Å². The highest BCUT2D eigenvalue weighted by Gasteiger charge is 2.31. The maximum atomic E-state index is 11.7. The molecule has 610 valence electrons. The third-order valence-corrected chi connectivity index (χ3v) is 20.7. The molecule has 0 amide bonds. The van der Waals surface area contributed by atoms with E-state index in [1.807, 2.05) is 66.7 Å². The number of aromatic carboxylic acids is 1. The van der Waals surface area contributed by atoms with Gasteiger partial charge in [-0.2, -0.15) is 5.26 Å². The van der Waals surface area contributed by atoms with E-state index in [0.29, 0.717) is 36.9 Å². The molecule has 1 atom stereocenters. The van der Waals surface area contributed by atoms with E-state index in [2.05, 4.69) is 207 Å². The number of aromatic amines is 1. The Labute approximate surface area is 691 Å². The average Bonchev–Trinajstić information content (AvgIpc) is 0.831. The van der Waals surface area contributed by atoms with Crippen molar-refractivity contribution < 1.29 is 19.5 Å². The van der Waals surface area contributed by atoms with Gasteiger partial charge in [0.2, 0.25) is 0 Å². The standard InChI is InChI=1S/C15H14N4.C15H15N3O2.C15H17N3.C14H14ClN3.C14H15N3O.C14H17NO2.6CH4/c16-8-15-13-10-19(7-6-14(13)17-11-18-15)9-12-4-2-1-3-5-12;19-15(20)14-12-9-18(7-6-13(12)16-10-17-14)8-11-4-2-1-3-5-11;1-12-14-10-18(8-7-15(14)17-11-16-12)9-13-5-3-2-4-6-13;15-14-12-9-18(7-6-13(12)16-10-17-14)8-11-4-2-1-3-5-11;18-14-12-9-17(7-6-13(12)15-10-16-14)8-11-4-2-1-3-5-11;1-11(16)13-10-15(8-7-14(13)17)9-12-5-3-2-4-6-12;;;;;;/h1-5,11H,6-7,9-10H2;1-5,10H,6-9H2,(H,19,20);2-6,11H,7-10H2,1H3;1-5,10H,6-9H2;1-5,10H,6-9H2,(H,15,16,18);2-6,13H,7-10H2,1H3;6*1H4. The molecule has 11 heterocycles. The van der Waals surface area contributed by atoms with E-state index < -0.39 is 11.9 Å². The van der Waals surface area contributed by atoms with Gasteiger partial charge in [0.25, 0.3) is 5.56 Å². The smallest absolute Gasteiger partial charge is 0.354 e. The average molecular weight is 1590 g/mol. The van der Waals surface area contributed by atoms with Crippen LogP contribution in [0, 0.1) is 24.2 Å². The molecule has 0 saturated carbocycles. The van der Waals surface area contributed by atoms with Gasteiger partial charge in [-0.1, -0.05) is 238 Å². The monoisotopic (exact) mass is 1590 g/mol. The van der Waals surface area contributed by atoms with Crippen molar-refractivity contribution in [2.75, 3.05) is 45.8 Å². The lowest BCUT2D eigenvalue weighted by Gasteiger charge is -2.30. The summed E-state index contributed by atoms with van der Waals surface area (Å²) >= 11 is 6.13. The molecule has 6 aliphatic rings. The van der Waals surface area contributed by atoms with E-state index in [1.54, 1.807) is 12.7 Å². The molecule has 6 aromatic carbocycles. The van der Waals surface area contributed by atoms with Crippen LogP contribution in [0.1, 0.15) is 169 Å². The molecule has 0 spiro atoms. The molecule has 1 unspecified atom stereocenters. The first-order chi connectivity index (χ1) is 53.7. The van der Waals surface area contributed by atoms with Gasteiger partial charge in [-0.15, -0.1) is 0 Å². The number of nitriles is 1. The summed E-state index contributed by atoms with van der Waals surface area (Å²) in [6.07, 6.45) is 12.5. The van der Waals surface area contributed by atoms with Crippen LogP contribution in [0.4, 0.5) is 0 Å². The number of Topliss-reactive ketones (excluding diaryl/α,β-unsaturated/α-hetero) is 2. The van der Waals surface area contributed by atoms with Crippen molar-refractivity contribution in [3.05, 3.63) is 336 Å². The summed E-state index contributed by atoms with van der Waals surface area (Å²) in [5.41, 5.74) is 19.6. The molecule has 1 fully saturated rings. The second kappa shape index (κ2) is 47.7. The maximum absolute atomic E-state index is 11.7.